The van der Waals surface area contributed by atoms with Crippen LogP contribution in [0, 0.1) is 0 Å². The van der Waals surface area contributed by atoms with E-state index in [0.29, 0.717) is 34.8 Å². The molecule has 10 heteroatoms. The lowest BCUT2D eigenvalue weighted by Crippen LogP contribution is -2.15. The van der Waals surface area contributed by atoms with E-state index in [0.717, 1.165) is 17.2 Å². The van der Waals surface area contributed by atoms with Gasteiger partial charge in [0.05, 0.1) is 26.6 Å². The van der Waals surface area contributed by atoms with Crippen molar-refractivity contribution < 1.29 is 23.7 Å². The van der Waals surface area contributed by atoms with E-state index in [9.17, 15) is 4.79 Å². The van der Waals surface area contributed by atoms with Crippen LogP contribution in [-0.4, -0.2) is 47.3 Å². The van der Waals surface area contributed by atoms with Gasteiger partial charge in [-0.1, -0.05) is 30.0 Å². The molecule has 9 nitrogen and oxygen atoms in total. The number of anilines is 1. The van der Waals surface area contributed by atoms with Crippen molar-refractivity contribution in [3.63, 3.8) is 0 Å². The molecule has 1 heterocycles. The lowest BCUT2D eigenvalue weighted by molar-refractivity contribution is -0.113. The van der Waals surface area contributed by atoms with Gasteiger partial charge >= 0.3 is 0 Å². The Morgan fingerprint density at radius 2 is 1.54 bits per heavy atom. The third-order valence-electron chi connectivity index (χ3n) is 5.19. The van der Waals surface area contributed by atoms with Gasteiger partial charge in [0.15, 0.2) is 11.0 Å². The van der Waals surface area contributed by atoms with Crippen LogP contribution in [0.25, 0.3) is 5.69 Å². The van der Waals surface area contributed by atoms with Crippen molar-refractivity contribution in [1.82, 2.24) is 14.8 Å². The summed E-state index contributed by atoms with van der Waals surface area (Å²) in [6.45, 7) is 2.73. The number of ether oxygens (including phenoxy) is 4. The zero-order valence-corrected chi connectivity index (χ0v) is 21.7. The molecular formula is C27H28N4O5S. The zero-order chi connectivity index (χ0) is 26.0. The van der Waals surface area contributed by atoms with Crippen LogP contribution in [0.1, 0.15) is 12.7 Å². The number of amides is 1. The van der Waals surface area contributed by atoms with E-state index >= 15 is 0 Å². The molecule has 0 aliphatic heterocycles. The molecular weight excluding hydrogens is 492 g/mol. The van der Waals surface area contributed by atoms with Crippen LogP contribution >= 0.6 is 11.8 Å². The maximum Gasteiger partial charge on any atom is 0.234 e. The van der Waals surface area contributed by atoms with E-state index in [-0.39, 0.29) is 18.3 Å². The summed E-state index contributed by atoms with van der Waals surface area (Å²) in [4.78, 5) is 12.8. The summed E-state index contributed by atoms with van der Waals surface area (Å²) in [5.74, 6) is 3.18. The van der Waals surface area contributed by atoms with E-state index in [4.69, 9.17) is 18.9 Å². The Morgan fingerprint density at radius 3 is 2.19 bits per heavy atom. The first-order valence-electron chi connectivity index (χ1n) is 11.6. The summed E-state index contributed by atoms with van der Waals surface area (Å²) in [6, 6.07) is 22.3. The first-order chi connectivity index (χ1) is 18.1. The predicted octanol–water partition coefficient (Wildman–Crippen LogP) is 4.99. The van der Waals surface area contributed by atoms with Gasteiger partial charge in [0, 0.05) is 29.6 Å². The lowest BCUT2D eigenvalue weighted by atomic mass is 10.2. The number of carbonyl (C=O) groups excluding carboxylic acids is 1. The first kappa shape index (κ1) is 25.9. The molecule has 4 aromatic rings. The molecule has 0 saturated carbocycles. The Hall–Kier alpha value is -4.18. The number of rotatable bonds is 12. The molecule has 0 atom stereocenters. The summed E-state index contributed by atoms with van der Waals surface area (Å²) in [5.41, 5.74) is 1.41. The van der Waals surface area contributed by atoms with Gasteiger partial charge in [0.1, 0.15) is 29.6 Å². The number of carbonyl (C=O) groups is 1. The summed E-state index contributed by atoms with van der Waals surface area (Å²) in [5, 5.41) is 12.1. The molecule has 0 spiro atoms. The second-order valence-electron chi connectivity index (χ2n) is 7.70. The molecule has 192 valence electrons. The number of hydrogen-bond acceptors (Lipinski definition) is 8. The Labute approximate surface area is 219 Å². The van der Waals surface area contributed by atoms with Crippen LogP contribution in [0.3, 0.4) is 0 Å². The summed E-state index contributed by atoms with van der Waals surface area (Å²) >= 11 is 1.27. The standard InChI is InChI=1S/C27H28N4O5S/c1-4-35-22-12-10-20(11-13-22)31-25(17-36-21-8-6-5-7-9-21)29-30-27(31)37-18-26(32)28-19-14-23(33-2)16-24(15-19)34-3/h5-16H,4,17-18H2,1-3H3,(H,28,32). The van der Waals surface area contributed by atoms with Crippen LogP contribution < -0.4 is 24.3 Å². The Balaban J connectivity index is 1.51. The second-order valence-corrected chi connectivity index (χ2v) is 8.64. The molecule has 1 amide bonds. The third kappa shape index (κ3) is 6.95. The highest BCUT2D eigenvalue weighted by Crippen LogP contribution is 2.27. The fourth-order valence-corrected chi connectivity index (χ4v) is 4.25. The van der Waals surface area contributed by atoms with Gasteiger partial charge in [-0.05, 0) is 43.3 Å². The Kier molecular flexibility index (Phi) is 8.88. The highest BCUT2D eigenvalue weighted by Gasteiger charge is 2.17. The van der Waals surface area contributed by atoms with Gasteiger partial charge in [0.2, 0.25) is 5.91 Å². The van der Waals surface area contributed by atoms with Gasteiger partial charge in [-0.3, -0.25) is 9.36 Å². The fourth-order valence-electron chi connectivity index (χ4n) is 3.48. The number of nitrogens with one attached hydrogen (secondary N) is 1. The minimum atomic E-state index is -0.205. The normalized spacial score (nSPS) is 10.6. The average Bonchev–Trinajstić information content (AvgIpc) is 3.34. The van der Waals surface area contributed by atoms with Crippen molar-refractivity contribution in [3.8, 4) is 28.7 Å². The van der Waals surface area contributed by atoms with Crippen molar-refractivity contribution >= 4 is 23.4 Å². The molecule has 1 N–H and O–H groups in total. The zero-order valence-electron chi connectivity index (χ0n) is 20.8. The van der Waals surface area contributed by atoms with Crippen LogP contribution in [0.2, 0.25) is 0 Å². The van der Waals surface area contributed by atoms with Crippen molar-refractivity contribution in [3.05, 3.63) is 78.6 Å². The van der Waals surface area contributed by atoms with E-state index in [2.05, 4.69) is 15.5 Å². The lowest BCUT2D eigenvalue weighted by Gasteiger charge is -2.12. The van der Waals surface area contributed by atoms with Crippen molar-refractivity contribution in [1.29, 1.82) is 0 Å². The first-order valence-corrected chi connectivity index (χ1v) is 12.6. The number of methoxy groups -OCH3 is 2. The van der Waals surface area contributed by atoms with E-state index in [1.165, 1.54) is 11.8 Å². The van der Waals surface area contributed by atoms with Crippen LogP contribution in [0.4, 0.5) is 5.69 Å². The number of para-hydroxylation sites is 1. The van der Waals surface area contributed by atoms with Crippen LogP contribution in [0.15, 0.2) is 78.0 Å². The molecule has 0 unspecified atom stereocenters. The molecule has 3 aromatic carbocycles. The maximum absolute atomic E-state index is 12.8. The van der Waals surface area contributed by atoms with Crippen molar-refractivity contribution in [2.24, 2.45) is 0 Å². The van der Waals surface area contributed by atoms with Gasteiger partial charge < -0.3 is 24.3 Å². The predicted molar refractivity (Wildman–Crippen MR) is 142 cm³/mol. The van der Waals surface area contributed by atoms with Gasteiger partial charge in [-0.25, -0.2) is 0 Å². The van der Waals surface area contributed by atoms with Gasteiger partial charge in [-0.2, -0.15) is 0 Å². The number of nitrogens with zero attached hydrogens (tertiary/aromatic N) is 3. The molecule has 1 aromatic heterocycles. The third-order valence-corrected chi connectivity index (χ3v) is 6.11. The molecule has 0 bridgehead atoms. The quantitative estimate of drug-likeness (QED) is 0.261. The molecule has 0 saturated heterocycles. The average molecular weight is 521 g/mol. The highest BCUT2D eigenvalue weighted by molar-refractivity contribution is 7.99. The maximum atomic E-state index is 12.8. The van der Waals surface area contributed by atoms with Crippen molar-refractivity contribution in [2.75, 3.05) is 31.9 Å². The minimum absolute atomic E-state index is 0.119. The van der Waals surface area contributed by atoms with E-state index in [1.54, 1.807) is 32.4 Å². The Morgan fingerprint density at radius 1 is 0.865 bits per heavy atom. The summed E-state index contributed by atoms with van der Waals surface area (Å²) in [7, 11) is 3.12. The largest absolute Gasteiger partial charge is 0.497 e. The molecule has 37 heavy (non-hydrogen) atoms. The fraction of sp³-hybridized carbons (Fsp3) is 0.222. The Bertz CT molecular complexity index is 1290. The minimum Gasteiger partial charge on any atom is -0.497 e. The molecule has 0 aliphatic carbocycles. The topological polar surface area (TPSA) is 96.7 Å². The highest BCUT2D eigenvalue weighted by atomic mass is 32.2. The number of benzene rings is 3. The second kappa shape index (κ2) is 12.7. The van der Waals surface area contributed by atoms with Gasteiger partial charge in [-0.15, -0.1) is 10.2 Å². The van der Waals surface area contributed by atoms with E-state index in [1.807, 2.05) is 66.1 Å². The van der Waals surface area contributed by atoms with E-state index < -0.39 is 0 Å². The smallest absolute Gasteiger partial charge is 0.234 e. The van der Waals surface area contributed by atoms with Crippen LogP contribution in [0.5, 0.6) is 23.0 Å². The number of hydrogen-bond donors (Lipinski definition) is 1. The van der Waals surface area contributed by atoms with Gasteiger partial charge in [0.25, 0.3) is 0 Å². The molecule has 4 rings (SSSR count). The monoisotopic (exact) mass is 520 g/mol. The number of aromatic nitrogens is 3. The summed E-state index contributed by atoms with van der Waals surface area (Å²) < 4.78 is 23.9. The van der Waals surface area contributed by atoms with Crippen LogP contribution in [-0.2, 0) is 11.4 Å². The van der Waals surface area contributed by atoms with Crippen molar-refractivity contribution in [2.45, 2.75) is 18.7 Å². The number of thioether (sulfide) groups is 1. The molecule has 0 aliphatic rings. The molecule has 0 radical (unpaired) electrons. The SMILES string of the molecule is CCOc1ccc(-n2c(COc3ccccc3)nnc2SCC(=O)Nc2cc(OC)cc(OC)c2)cc1. The summed E-state index contributed by atoms with van der Waals surface area (Å²) in [6.07, 6.45) is 0. The molecule has 0 fully saturated rings.